The molecule has 0 fully saturated rings. The maximum Gasteiger partial charge on any atom is 0.257 e. The van der Waals surface area contributed by atoms with Crippen LogP contribution in [0.3, 0.4) is 0 Å². The van der Waals surface area contributed by atoms with E-state index in [2.05, 4.69) is 15.6 Å². The molecule has 0 spiro atoms. The average Bonchev–Trinajstić information content (AvgIpc) is 2.47. The second kappa shape index (κ2) is 5.75. The van der Waals surface area contributed by atoms with Crippen LogP contribution in [0.25, 0.3) is 0 Å². The maximum absolute atomic E-state index is 12.1. The number of pyridine rings is 1. The lowest BCUT2D eigenvalue weighted by Gasteiger charge is -2.17. The molecule has 0 unspecified atom stereocenters. The highest BCUT2D eigenvalue weighted by Crippen LogP contribution is 2.33. The summed E-state index contributed by atoms with van der Waals surface area (Å²) in [5.74, 6) is 0.0848. The highest BCUT2D eigenvalue weighted by Gasteiger charge is 2.16. The minimum absolute atomic E-state index is 0.0436. The molecule has 21 heavy (non-hydrogen) atoms. The molecule has 0 aliphatic carbocycles. The zero-order chi connectivity index (χ0) is 14.8. The summed E-state index contributed by atoms with van der Waals surface area (Å²) in [6.45, 7) is 0. The van der Waals surface area contributed by atoms with Crippen LogP contribution < -0.4 is 10.6 Å². The van der Waals surface area contributed by atoms with Gasteiger partial charge in [-0.1, -0.05) is 11.6 Å². The Kier molecular flexibility index (Phi) is 3.81. The molecule has 5 nitrogen and oxygen atoms in total. The van der Waals surface area contributed by atoms with Gasteiger partial charge in [-0.05, 0) is 30.3 Å². The predicted molar refractivity (Wildman–Crippen MR) is 83.0 cm³/mol. The van der Waals surface area contributed by atoms with Crippen LogP contribution in [0.1, 0.15) is 10.4 Å². The van der Waals surface area contributed by atoms with Crippen molar-refractivity contribution in [3.63, 3.8) is 0 Å². The first-order valence-electron chi connectivity index (χ1n) is 6.11. The number of thioether (sulfide) groups is 1. The fourth-order valence-electron chi connectivity index (χ4n) is 1.87. The van der Waals surface area contributed by atoms with Crippen LogP contribution in [0, 0.1) is 0 Å². The van der Waals surface area contributed by atoms with Gasteiger partial charge in [-0.3, -0.25) is 9.59 Å². The molecule has 1 aliphatic heterocycles. The SMILES string of the molecule is O=C1CSc2ccc(NC(=O)c3ccc(Cl)nc3)cc2N1. The number of carbonyl (C=O) groups is 2. The van der Waals surface area contributed by atoms with Crippen molar-refractivity contribution in [3.05, 3.63) is 47.2 Å². The number of nitrogens with one attached hydrogen (secondary N) is 2. The lowest BCUT2D eigenvalue weighted by molar-refractivity contribution is -0.113. The topological polar surface area (TPSA) is 71.1 Å². The summed E-state index contributed by atoms with van der Waals surface area (Å²) in [6.07, 6.45) is 1.41. The van der Waals surface area contributed by atoms with E-state index in [1.165, 1.54) is 18.0 Å². The minimum atomic E-state index is -0.283. The van der Waals surface area contributed by atoms with E-state index in [1.54, 1.807) is 24.3 Å². The summed E-state index contributed by atoms with van der Waals surface area (Å²) in [5, 5.41) is 5.87. The Morgan fingerprint density at radius 2 is 2.19 bits per heavy atom. The summed E-state index contributed by atoms with van der Waals surface area (Å²) in [7, 11) is 0. The van der Waals surface area contributed by atoms with Gasteiger partial charge in [0.05, 0.1) is 17.0 Å². The highest BCUT2D eigenvalue weighted by molar-refractivity contribution is 8.00. The average molecular weight is 320 g/mol. The standard InChI is InChI=1S/C14H10ClN3O2S/c15-12-4-1-8(6-16-12)14(20)17-9-2-3-11-10(5-9)18-13(19)7-21-11/h1-6H,7H2,(H,17,20)(H,18,19). The second-order valence-electron chi connectivity index (χ2n) is 4.37. The van der Waals surface area contributed by atoms with E-state index in [4.69, 9.17) is 11.6 Å². The largest absolute Gasteiger partial charge is 0.324 e. The molecule has 7 heteroatoms. The molecule has 0 saturated carbocycles. The Bertz CT molecular complexity index is 719. The van der Waals surface area contributed by atoms with Crippen LogP contribution in [0.5, 0.6) is 0 Å². The van der Waals surface area contributed by atoms with Crippen molar-refractivity contribution in [2.24, 2.45) is 0 Å². The summed E-state index contributed by atoms with van der Waals surface area (Å²) in [5.41, 5.74) is 1.73. The van der Waals surface area contributed by atoms with Crippen molar-refractivity contribution >= 4 is 46.6 Å². The number of aromatic nitrogens is 1. The van der Waals surface area contributed by atoms with Crippen molar-refractivity contribution in [3.8, 4) is 0 Å². The number of hydrogen-bond donors (Lipinski definition) is 2. The molecule has 1 aromatic heterocycles. The molecule has 0 bridgehead atoms. The molecular weight excluding hydrogens is 310 g/mol. The Morgan fingerprint density at radius 1 is 1.33 bits per heavy atom. The fourth-order valence-corrected chi connectivity index (χ4v) is 2.77. The highest BCUT2D eigenvalue weighted by atomic mass is 35.5. The van der Waals surface area contributed by atoms with Gasteiger partial charge >= 0.3 is 0 Å². The first-order chi connectivity index (χ1) is 10.1. The Balaban J connectivity index is 1.79. The van der Waals surface area contributed by atoms with Crippen LogP contribution >= 0.6 is 23.4 Å². The zero-order valence-corrected chi connectivity index (χ0v) is 12.3. The monoisotopic (exact) mass is 319 g/mol. The van der Waals surface area contributed by atoms with Crippen LogP contribution in [-0.4, -0.2) is 22.6 Å². The van der Waals surface area contributed by atoms with E-state index in [9.17, 15) is 9.59 Å². The number of fused-ring (bicyclic) bond motifs is 1. The molecule has 2 amide bonds. The van der Waals surface area contributed by atoms with Crippen LogP contribution in [0.15, 0.2) is 41.4 Å². The van der Waals surface area contributed by atoms with Gasteiger partial charge in [0.2, 0.25) is 5.91 Å². The first kappa shape index (κ1) is 13.9. The number of benzene rings is 1. The lowest BCUT2D eigenvalue weighted by Crippen LogP contribution is -2.19. The quantitative estimate of drug-likeness (QED) is 0.835. The molecule has 2 N–H and O–H groups in total. The van der Waals surface area contributed by atoms with Gasteiger partial charge in [-0.15, -0.1) is 11.8 Å². The molecular formula is C14H10ClN3O2S. The molecule has 0 atom stereocenters. The summed E-state index contributed by atoms with van der Waals surface area (Å²) < 4.78 is 0. The second-order valence-corrected chi connectivity index (χ2v) is 5.78. The summed E-state index contributed by atoms with van der Waals surface area (Å²) >= 11 is 7.16. The molecule has 106 valence electrons. The van der Waals surface area contributed by atoms with E-state index < -0.39 is 0 Å². The third kappa shape index (κ3) is 3.17. The maximum atomic E-state index is 12.1. The molecule has 1 aromatic carbocycles. The van der Waals surface area contributed by atoms with Gasteiger partial charge in [0.1, 0.15) is 5.15 Å². The van der Waals surface area contributed by atoms with Crippen molar-refractivity contribution < 1.29 is 9.59 Å². The molecule has 1 aliphatic rings. The number of rotatable bonds is 2. The van der Waals surface area contributed by atoms with Crippen LogP contribution in [0.4, 0.5) is 11.4 Å². The number of amides is 2. The number of anilines is 2. The van der Waals surface area contributed by atoms with Gasteiger partial charge in [0.25, 0.3) is 5.91 Å². The van der Waals surface area contributed by atoms with Gasteiger partial charge in [0, 0.05) is 16.8 Å². The molecule has 3 rings (SSSR count). The minimum Gasteiger partial charge on any atom is -0.324 e. The van der Waals surface area contributed by atoms with Crippen molar-refractivity contribution in [2.45, 2.75) is 4.90 Å². The van der Waals surface area contributed by atoms with Crippen molar-refractivity contribution in [1.82, 2.24) is 4.98 Å². The van der Waals surface area contributed by atoms with E-state index >= 15 is 0 Å². The normalized spacial score (nSPS) is 13.3. The summed E-state index contributed by atoms with van der Waals surface area (Å²) in [4.78, 5) is 28.3. The van der Waals surface area contributed by atoms with Crippen LogP contribution in [0.2, 0.25) is 5.15 Å². The molecule has 0 radical (unpaired) electrons. The van der Waals surface area contributed by atoms with Crippen LogP contribution in [-0.2, 0) is 4.79 Å². The number of halogens is 1. The molecule has 0 saturated heterocycles. The van der Waals surface area contributed by atoms with Crippen molar-refractivity contribution in [1.29, 1.82) is 0 Å². The number of carbonyl (C=O) groups excluding carboxylic acids is 2. The van der Waals surface area contributed by atoms with Gasteiger partial charge in [-0.2, -0.15) is 0 Å². The Hall–Kier alpha value is -2.05. The third-order valence-corrected chi connectivity index (χ3v) is 4.16. The van der Waals surface area contributed by atoms with Gasteiger partial charge < -0.3 is 10.6 Å². The summed E-state index contributed by atoms with van der Waals surface area (Å²) in [6, 6.07) is 8.56. The third-order valence-electron chi connectivity index (χ3n) is 2.86. The van der Waals surface area contributed by atoms with Gasteiger partial charge in [0.15, 0.2) is 0 Å². The van der Waals surface area contributed by atoms with Crippen molar-refractivity contribution in [2.75, 3.05) is 16.4 Å². The lowest BCUT2D eigenvalue weighted by atomic mass is 10.2. The zero-order valence-electron chi connectivity index (χ0n) is 10.7. The van der Waals surface area contributed by atoms with E-state index in [0.717, 1.165) is 4.90 Å². The Morgan fingerprint density at radius 3 is 2.95 bits per heavy atom. The Labute approximate surface area is 130 Å². The fraction of sp³-hybridized carbons (Fsp3) is 0.0714. The smallest absolute Gasteiger partial charge is 0.257 e. The molecule has 2 aromatic rings. The van der Waals surface area contributed by atoms with E-state index in [-0.39, 0.29) is 11.8 Å². The van der Waals surface area contributed by atoms with Gasteiger partial charge in [-0.25, -0.2) is 4.98 Å². The van der Waals surface area contributed by atoms with E-state index in [1.807, 2.05) is 6.07 Å². The molecule has 2 heterocycles. The van der Waals surface area contributed by atoms with E-state index in [0.29, 0.717) is 27.8 Å². The number of nitrogens with zero attached hydrogens (tertiary/aromatic N) is 1. The number of hydrogen-bond acceptors (Lipinski definition) is 4. The first-order valence-corrected chi connectivity index (χ1v) is 7.48. The predicted octanol–water partition coefficient (Wildman–Crippen LogP) is 3.03.